The molecular formula is C16H23N3O2. The summed E-state index contributed by atoms with van der Waals surface area (Å²) in [6, 6.07) is 8.05. The molecule has 5 heteroatoms. The highest BCUT2D eigenvalue weighted by molar-refractivity contribution is 5.83. The van der Waals surface area contributed by atoms with E-state index in [4.69, 9.17) is 10.5 Å². The third-order valence-electron chi connectivity index (χ3n) is 3.24. The van der Waals surface area contributed by atoms with Gasteiger partial charge >= 0.3 is 6.09 Å². The smallest absolute Gasteiger partial charge is 0.407 e. The van der Waals surface area contributed by atoms with Crippen molar-refractivity contribution in [3.8, 4) is 0 Å². The Morgan fingerprint density at radius 1 is 1.38 bits per heavy atom. The molecule has 1 heterocycles. The van der Waals surface area contributed by atoms with E-state index in [1.54, 1.807) is 0 Å². The molecule has 5 nitrogen and oxygen atoms in total. The van der Waals surface area contributed by atoms with Gasteiger partial charge in [-0.05, 0) is 32.4 Å². The number of nitrogens with two attached hydrogens (primary N) is 1. The molecule has 0 spiro atoms. The van der Waals surface area contributed by atoms with Gasteiger partial charge in [-0.25, -0.2) is 4.79 Å². The molecule has 21 heavy (non-hydrogen) atoms. The van der Waals surface area contributed by atoms with Crippen LogP contribution in [0.4, 0.5) is 4.79 Å². The van der Waals surface area contributed by atoms with E-state index in [1.807, 2.05) is 45.2 Å². The second-order valence-corrected chi connectivity index (χ2v) is 6.11. The highest BCUT2D eigenvalue weighted by Crippen LogP contribution is 2.24. The molecule has 0 saturated carbocycles. The van der Waals surface area contributed by atoms with E-state index in [2.05, 4.69) is 16.4 Å². The number of aromatic nitrogens is 1. The number of fused-ring (bicyclic) bond motifs is 1. The molecule has 0 saturated heterocycles. The average Bonchev–Trinajstić information content (AvgIpc) is 2.82. The summed E-state index contributed by atoms with van der Waals surface area (Å²) >= 11 is 0. The molecule has 4 N–H and O–H groups in total. The quantitative estimate of drug-likeness (QED) is 0.809. The molecule has 1 amide bonds. The number of H-pyrrole nitrogens is 1. The van der Waals surface area contributed by atoms with Gasteiger partial charge in [0, 0.05) is 36.1 Å². The molecule has 2 aromatic rings. The van der Waals surface area contributed by atoms with Crippen LogP contribution in [-0.2, 0) is 4.74 Å². The maximum atomic E-state index is 11.7. The standard InChI is InChI=1S/C16H23N3O2/c1-16(2,3)21-15(20)19-9-11(8-17)13-10-18-14-7-5-4-6-12(13)14/h4-7,10-11,18H,8-9,17H2,1-3H3,(H,19,20). The number of hydrogen-bond donors (Lipinski definition) is 3. The number of ether oxygens (including phenoxy) is 1. The summed E-state index contributed by atoms with van der Waals surface area (Å²) in [5.74, 6) is 0.0497. The molecule has 0 bridgehead atoms. The van der Waals surface area contributed by atoms with Crippen LogP contribution in [0.2, 0.25) is 0 Å². The van der Waals surface area contributed by atoms with Crippen LogP contribution in [0.25, 0.3) is 10.9 Å². The number of carbonyl (C=O) groups is 1. The minimum Gasteiger partial charge on any atom is -0.444 e. The Kier molecular flexibility index (Phi) is 4.53. The third kappa shape index (κ3) is 3.98. The van der Waals surface area contributed by atoms with Crippen LogP contribution in [0.15, 0.2) is 30.5 Å². The molecule has 1 aromatic heterocycles. The fraction of sp³-hybridized carbons (Fsp3) is 0.438. The van der Waals surface area contributed by atoms with Gasteiger partial charge in [0.25, 0.3) is 0 Å². The topological polar surface area (TPSA) is 80.1 Å². The summed E-state index contributed by atoms with van der Waals surface area (Å²) < 4.78 is 5.24. The fourth-order valence-electron chi connectivity index (χ4n) is 2.27. The van der Waals surface area contributed by atoms with E-state index < -0.39 is 11.7 Å². The van der Waals surface area contributed by atoms with Crippen molar-refractivity contribution in [2.75, 3.05) is 13.1 Å². The van der Waals surface area contributed by atoms with Gasteiger partial charge in [0.15, 0.2) is 0 Å². The average molecular weight is 289 g/mol. The SMILES string of the molecule is CC(C)(C)OC(=O)NCC(CN)c1c[nH]c2ccccc12. The van der Waals surface area contributed by atoms with Crippen molar-refractivity contribution in [2.24, 2.45) is 5.73 Å². The second kappa shape index (κ2) is 6.18. The van der Waals surface area contributed by atoms with Gasteiger partial charge in [-0.3, -0.25) is 0 Å². The van der Waals surface area contributed by atoms with Crippen LogP contribution >= 0.6 is 0 Å². The van der Waals surface area contributed by atoms with Gasteiger partial charge < -0.3 is 20.8 Å². The summed E-state index contributed by atoms with van der Waals surface area (Å²) in [6.45, 7) is 6.43. The van der Waals surface area contributed by atoms with Crippen molar-refractivity contribution >= 4 is 17.0 Å². The van der Waals surface area contributed by atoms with Crippen molar-refractivity contribution in [1.29, 1.82) is 0 Å². The number of benzene rings is 1. The Labute approximate surface area is 124 Å². The van der Waals surface area contributed by atoms with Crippen LogP contribution in [0.3, 0.4) is 0 Å². The summed E-state index contributed by atoms with van der Waals surface area (Å²) in [4.78, 5) is 15.0. The van der Waals surface area contributed by atoms with E-state index >= 15 is 0 Å². The Hall–Kier alpha value is -2.01. The number of para-hydroxylation sites is 1. The first kappa shape index (κ1) is 15.4. The molecule has 1 unspecified atom stereocenters. The van der Waals surface area contributed by atoms with Crippen LogP contribution in [0.1, 0.15) is 32.3 Å². The number of hydrogen-bond acceptors (Lipinski definition) is 3. The first-order valence-electron chi connectivity index (χ1n) is 7.13. The van der Waals surface area contributed by atoms with Crippen molar-refractivity contribution < 1.29 is 9.53 Å². The molecule has 1 atom stereocenters. The maximum absolute atomic E-state index is 11.7. The monoisotopic (exact) mass is 289 g/mol. The molecule has 2 rings (SSSR count). The van der Waals surface area contributed by atoms with Gasteiger partial charge in [-0.15, -0.1) is 0 Å². The highest BCUT2D eigenvalue weighted by atomic mass is 16.6. The van der Waals surface area contributed by atoms with Crippen LogP contribution < -0.4 is 11.1 Å². The number of aromatic amines is 1. The minimum atomic E-state index is -0.497. The number of amides is 1. The second-order valence-electron chi connectivity index (χ2n) is 6.11. The lowest BCUT2D eigenvalue weighted by Gasteiger charge is -2.21. The van der Waals surface area contributed by atoms with Gasteiger partial charge in [-0.2, -0.15) is 0 Å². The summed E-state index contributed by atoms with van der Waals surface area (Å²) in [6.07, 6.45) is 1.54. The summed E-state index contributed by atoms with van der Waals surface area (Å²) in [5.41, 5.74) is 7.55. The number of rotatable bonds is 4. The Morgan fingerprint density at radius 3 is 2.76 bits per heavy atom. The lowest BCUT2D eigenvalue weighted by atomic mass is 9.98. The summed E-state index contributed by atoms with van der Waals surface area (Å²) in [7, 11) is 0. The predicted molar refractivity (Wildman–Crippen MR) is 84.3 cm³/mol. The highest BCUT2D eigenvalue weighted by Gasteiger charge is 2.19. The van der Waals surface area contributed by atoms with Crippen LogP contribution in [0, 0.1) is 0 Å². The molecule has 0 aliphatic rings. The number of alkyl carbamates (subject to hydrolysis) is 1. The minimum absolute atomic E-state index is 0.0497. The van der Waals surface area contributed by atoms with Crippen LogP contribution in [0.5, 0.6) is 0 Å². The molecule has 114 valence electrons. The van der Waals surface area contributed by atoms with E-state index in [-0.39, 0.29) is 5.92 Å². The van der Waals surface area contributed by atoms with Gasteiger partial charge in [0.05, 0.1) is 0 Å². The van der Waals surface area contributed by atoms with Gasteiger partial charge in [0.1, 0.15) is 5.60 Å². The van der Waals surface area contributed by atoms with Crippen molar-refractivity contribution in [1.82, 2.24) is 10.3 Å². The number of carbonyl (C=O) groups excluding carboxylic acids is 1. The molecule has 0 radical (unpaired) electrons. The van der Waals surface area contributed by atoms with Crippen LogP contribution in [-0.4, -0.2) is 29.8 Å². The lowest BCUT2D eigenvalue weighted by molar-refractivity contribution is 0.0525. The first-order chi connectivity index (χ1) is 9.90. The zero-order chi connectivity index (χ0) is 15.5. The Bertz CT molecular complexity index is 613. The zero-order valence-corrected chi connectivity index (χ0v) is 12.8. The molecular weight excluding hydrogens is 266 g/mol. The van der Waals surface area contributed by atoms with Gasteiger partial charge in [-0.1, -0.05) is 18.2 Å². The maximum Gasteiger partial charge on any atom is 0.407 e. The molecule has 0 fully saturated rings. The fourth-order valence-corrected chi connectivity index (χ4v) is 2.27. The van der Waals surface area contributed by atoms with E-state index in [0.717, 1.165) is 16.5 Å². The van der Waals surface area contributed by atoms with Gasteiger partial charge in [0.2, 0.25) is 0 Å². The van der Waals surface area contributed by atoms with Crippen molar-refractivity contribution in [2.45, 2.75) is 32.3 Å². The Balaban J connectivity index is 2.05. The summed E-state index contributed by atoms with van der Waals surface area (Å²) in [5, 5.41) is 3.93. The van der Waals surface area contributed by atoms with Crippen molar-refractivity contribution in [3.63, 3.8) is 0 Å². The van der Waals surface area contributed by atoms with E-state index in [0.29, 0.717) is 13.1 Å². The molecule has 0 aliphatic carbocycles. The largest absolute Gasteiger partial charge is 0.444 e. The third-order valence-corrected chi connectivity index (χ3v) is 3.24. The molecule has 1 aromatic carbocycles. The molecule has 0 aliphatic heterocycles. The Morgan fingerprint density at radius 2 is 2.10 bits per heavy atom. The van der Waals surface area contributed by atoms with E-state index in [1.165, 1.54) is 0 Å². The van der Waals surface area contributed by atoms with E-state index in [9.17, 15) is 4.79 Å². The first-order valence-corrected chi connectivity index (χ1v) is 7.13. The lowest BCUT2D eigenvalue weighted by Crippen LogP contribution is -2.36. The zero-order valence-electron chi connectivity index (χ0n) is 12.8. The predicted octanol–water partition coefficient (Wildman–Crippen LogP) is 2.73. The number of nitrogens with one attached hydrogen (secondary N) is 2. The van der Waals surface area contributed by atoms with Crippen molar-refractivity contribution in [3.05, 3.63) is 36.0 Å². The normalized spacial score (nSPS) is 13.1.